The Kier molecular flexibility index (Phi) is 4.67. The molecule has 0 N–H and O–H groups in total. The molecule has 1 heterocycles. The molecule has 0 aromatic rings. The first-order valence-electron chi connectivity index (χ1n) is 4.51. The van der Waals surface area contributed by atoms with E-state index in [1.807, 2.05) is 23.2 Å². The van der Waals surface area contributed by atoms with Crippen molar-refractivity contribution >= 4 is 35.7 Å². The van der Waals surface area contributed by atoms with Crippen LogP contribution in [0.3, 0.4) is 0 Å². The monoisotopic (exact) mass is 232 g/mol. The largest absolute Gasteiger partial charge is 0.407 e. The average Bonchev–Trinajstić information content (AvgIpc) is 2.17. The molecule has 0 radical (unpaired) electrons. The van der Waals surface area contributed by atoms with Crippen LogP contribution in [-0.4, -0.2) is 72.9 Å². The summed E-state index contributed by atoms with van der Waals surface area (Å²) >= 11 is 3.68. The van der Waals surface area contributed by atoms with Gasteiger partial charge in [-0.3, -0.25) is 19.7 Å². The fourth-order valence-electron chi connectivity index (χ4n) is 1.72. The minimum absolute atomic E-state index is 0.383. The highest BCUT2D eigenvalue weighted by atomic mass is 32.2. The highest BCUT2D eigenvalue weighted by Gasteiger charge is 2.43. The Morgan fingerprint density at radius 3 is 1.00 bits per heavy atom. The molecule has 0 aliphatic carbocycles. The van der Waals surface area contributed by atoms with Crippen molar-refractivity contribution in [2.24, 2.45) is 0 Å². The summed E-state index contributed by atoms with van der Waals surface area (Å²) in [5.41, 5.74) is 0. The van der Waals surface area contributed by atoms with E-state index in [1.54, 1.807) is 0 Å². The molecular formula is C6H18B2N4S2. The highest BCUT2D eigenvalue weighted by Crippen LogP contribution is 2.24. The fraction of sp³-hybridized carbons (Fsp3) is 1.00. The normalized spacial score (nSPS) is 23.6. The van der Waals surface area contributed by atoms with Crippen LogP contribution in [0.25, 0.3) is 0 Å². The van der Waals surface area contributed by atoms with Gasteiger partial charge in [0.25, 0.3) is 0 Å². The summed E-state index contributed by atoms with van der Waals surface area (Å²) in [7, 11) is 8.53. The van der Waals surface area contributed by atoms with Crippen LogP contribution in [0.2, 0.25) is 0 Å². The molecule has 1 fully saturated rings. The molecule has 1 rings (SSSR count). The van der Waals surface area contributed by atoms with E-state index >= 15 is 0 Å². The van der Waals surface area contributed by atoms with Crippen molar-refractivity contribution in [3.8, 4) is 0 Å². The molecule has 8 heteroatoms. The quantitative estimate of drug-likeness (QED) is 0.628. The zero-order chi connectivity index (χ0) is 10.9. The van der Waals surface area contributed by atoms with Gasteiger partial charge in [0.1, 0.15) is 0 Å². The smallest absolute Gasteiger partial charge is 0.265 e. The molecule has 4 nitrogen and oxygen atoms in total. The molecule has 0 atom stereocenters. The van der Waals surface area contributed by atoms with Crippen molar-refractivity contribution in [1.82, 2.24) is 19.7 Å². The van der Waals surface area contributed by atoms with Gasteiger partial charge in [-0.1, -0.05) is 0 Å². The van der Waals surface area contributed by atoms with E-state index in [-0.39, 0.29) is 0 Å². The molecule has 0 bridgehead atoms. The van der Waals surface area contributed by atoms with Gasteiger partial charge < -0.3 is 0 Å². The third-order valence-electron chi connectivity index (χ3n) is 2.70. The van der Waals surface area contributed by atoms with Gasteiger partial charge in [-0.25, -0.2) is 0 Å². The summed E-state index contributed by atoms with van der Waals surface area (Å²) in [6.45, 7) is 0. The summed E-state index contributed by atoms with van der Waals surface area (Å²) in [5.74, 6) is 0. The van der Waals surface area contributed by atoms with E-state index in [4.69, 9.17) is 0 Å². The van der Waals surface area contributed by atoms with E-state index < -0.39 is 0 Å². The Balaban J connectivity index is 2.81. The van der Waals surface area contributed by atoms with Crippen molar-refractivity contribution in [2.45, 2.75) is 0 Å². The van der Waals surface area contributed by atoms with Gasteiger partial charge in [-0.2, -0.15) is 23.2 Å². The van der Waals surface area contributed by atoms with Crippen molar-refractivity contribution in [3.05, 3.63) is 0 Å². The minimum Gasteiger partial charge on any atom is -0.265 e. The summed E-state index contributed by atoms with van der Waals surface area (Å²) in [6, 6.07) is 0. The van der Waals surface area contributed by atoms with Crippen LogP contribution in [0, 0.1) is 0 Å². The molecule has 0 amide bonds. The molecule has 1 aliphatic rings. The molecule has 0 unspecified atom stereocenters. The Bertz CT molecular complexity index is 163. The number of hydrazine groups is 2. The predicted molar refractivity (Wildman–Crippen MR) is 69.6 cm³/mol. The molecule has 0 aromatic heterocycles. The van der Waals surface area contributed by atoms with Crippen LogP contribution in [-0.2, 0) is 0 Å². The molecule has 14 heavy (non-hydrogen) atoms. The van der Waals surface area contributed by atoms with Gasteiger partial charge in [-0.05, 0) is 40.7 Å². The van der Waals surface area contributed by atoms with Crippen LogP contribution >= 0.6 is 23.2 Å². The van der Waals surface area contributed by atoms with Crippen molar-refractivity contribution in [2.75, 3.05) is 40.7 Å². The Hall–Kier alpha value is 0.670. The number of hydrogen-bond acceptors (Lipinski definition) is 6. The molecule has 80 valence electrons. The second-order valence-electron chi connectivity index (χ2n) is 3.42. The lowest BCUT2D eigenvalue weighted by Gasteiger charge is -2.50. The summed E-state index contributed by atoms with van der Waals surface area (Å²) < 4.78 is 0. The first-order chi connectivity index (χ1) is 6.54. The van der Waals surface area contributed by atoms with Crippen molar-refractivity contribution in [1.29, 1.82) is 0 Å². The van der Waals surface area contributed by atoms with E-state index in [0.717, 1.165) is 0 Å². The lowest BCUT2D eigenvalue weighted by atomic mass is 9.98. The number of rotatable bonds is 2. The standard InChI is InChI=1S/C6H18B2N4S2/c1-9-7(13-5)11(3)12(4)8(14-6)10(9)2/h1-6H3. The molecule has 1 saturated heterocycles. The van der Waals surface area contributed by atoms with Gasteiger partial charge in [0.15, 0.2) is 0 Å². The number of nitrogens with zero attached hydrogens (tertiary/aromatic N) is 4. The van der Waals surface area contributed by atoms with Crippen LogP contribution in [0.4, 0.5) is 0 Å². The van der Waals surface area contributed by atoms with E-state index in [9.17, 15) is 0 Å². The highest BCUT2D eigenvalue weighted by molar-refractivity contribution is 8.25. The maximum absolute atomic E-state index is 2.27. The molecular weight excluding hydrogens is 214 g/mol. The summed E-state index contributed by atoms with van der Waals surface area (Å²) in [5, 5.41) is 0. The minimum atomic E-state index is 0.383. The van der Waals surface area contributed by atoms with Gasteiger partial charge in [0.05, 0.1) is 0 Å². The van der Waals surface area contributed by atoms with Gasteiger partial charge >= 0.3 is 12.5 Å². The summed E-state index contributed by atoms with van der Waals surface area (Å²) in [4.78, 5) is 9.08. The average molecular weight is 232 g/mol. The molecule has 0 saturated carbocycles. The zero-order valence-electron chi connectivity index (χ0n) is 9.76. The lowest BCUT2D eigenvalue weighted by Crippen LogP contribution is -2.72. The first-order valence-corrected chi connectivity index (χ1v) is 7.09. The second-order valence-corrected chi connectivity index (χ2v) is 5.20. The van der Waals surface area contributed by atoms with Crippen LogP contribution in [0.15, 0.2) is 0 Å². The van der Waals surface area contributed by atoms with Crippen LogP contribution in [0.5, 0.6) is 0 Å². The van der Waals surface area contributed by atoms with Crippen molar-refractivity contribution in [3.63, 3.8) is 0 Å². The third-order valence-corrected chi connectivity index (χ3v) is 4.76. The van der Waals surface area contributed by atoms with Gasteiger partial charge in [-0.15, -0.1) is 0 Å². The van der Waals surface area contributed by atoms with Crippen molar-refractivity contribution < 1.29 is 0 Å². The number of hydrogen-bond donors (Lipinski definition) is 0. The topological polar surface area (TPSA) is 13.0 Å². The van der Waals surface area contributed by atoms with E-state index in [2.05, 4.69) is 60.4 Å². The van der Waals surface area contributed by atoms with E-state index in [1.165, 1.54) is 0 Å². The summed E-state index contributed by atoms with van der Waals surface area (Å²) in [6.07, 6.45) is 5.04. The fourth-order valence-corrected chi connectivity index (χ4v) is 3.53. The second kappa shape index (κ2) is 5.14. The molecule has 0 aromatic carbocycles. The maximum Gasteiger partial charge on any atom is 0.407 e. The maximum atomic E-state index is 2.27. The third kappa shape index (κ3) is 2.10. The Labute approximate surface area is 96.3 Å². The Morgan fingerprint density at radius 2 is 0.857 bits per heavy atom. The lowest BCUT2D eigenvalue weighted by molar-refractivity contribution is 0.101. The SMILES string of the molecule is CSB1N(C)N(C)B(SC)N(C)N1C. The predicted octanol–water partition coefficient (Wildman–Crippen LogP) is 0.253. The zero-order valence-corrected chi connectivity index (χ0v) is 11.4. The van der Waals surface area contributed by atoms with Crippen LogP contribution in [0.1, 0.15) is 0 Å². The molecule has 0 spiro atoms. The Morgan fingerprint density at radius 1 is 0.643 bits per heavy atom. The first kappa shape index (κ1) is 12.7. The van der Waals surface area contributed by atoms with Gasteiger partial charge in [0, 0.05) is 0 Å². The van der Waals surface area contributed by atoms with Crippen LogP contribution < -0.4 is 0 Å². The van der Waals surface area contributed by atoms with Gasteiger partial charge in [0.2, 0.25) is 0 Å². The molecule has 1 aliphatic heterocycles. The van der Waals surface area contributed by atoms with E-state index in [0.29, 0.717) is 12.5 Å².